The van der Waals surface area contributed by atoms with Crippen molar-refractivity contribution >= 4 is 5.91 Å². The van der Waals surface area contributed by atoms with E-state index in [1.165, 1.54) is 0 Å². The molecule has 2 aromatic rings. The molecule has 0 aliphatic heterocycles. The van der Waals surface area contributed by atoms with Gasteiger partial charge in [-0.2, -0.15) is 0 Å². The molecule has 0 saturated carbocycles. The lowest BCUT2D eigenvalue weighted by atomic mass is 10.1. The van der Waals surface area contributed by atoms with Crippen LogP contribution in [-0.2, 0) is 24.7 Å². The van der Waals surface area contributed by atoms with Gasteiger partial charge in [-0.1, -0.05) is 12.1 Å². The Hall–Kier alpha value is -2.30. The second-order valence-electron chi connectivity index (χ2n) is 4.40. The van der Waals surface area contributed by atoms with Crippen molar-refractivity contribution in [2.24, 2.45) is 7.05 Å². The summed E-state index contributed by atoms with van der Waals surface area (Å²) in [7, 11) is 1.93. The second-order valence-corrected chi connectivity index (χ2v) is 4.40. The van der Waals surface area contributed by atoms with Gasteiger partial charge in [0, 0.05) is 32.4 Å². The number of nitrogens with one attached hydrogen (secondary N) is 1. The number of hydrogen-bond acceptors (Lipinski definition) is 3. The number of nitrogens with zero attached hydrogens (tertiary/aromatic N) is 2. The molecule has 5 heteroatoms. The summed E-state index contributed by atoms with van der Waals surface area (Å²) in [6.07, 6.45) is 4.66. The monoisotopic (exact) mass is 259 g/mol. The molecule has 0 atom stereocenters. The molecule has 0 radical (unpaired) electrons. The zero-order valence-corrected chi connectivity index (χ0v) is 10.8. The number of phenols is 1. The van der Waals surface area contributed by atoms with Gasteiger partial charge in [0.2, 0.25) is 5.91 Å². The first-order chi connectivity index (χ1) is 9.15. The highest BCUT2D eigenvalue weighted by Crippen LogP contribution is 2.09. The number of amides is 1. The average Bonchev–Trinajstić information content (AvgIpc) is 2.78. The minimum Gasteiger partial charge on any atom is -0.508 e. The van der Waals surface area contributed by atoms with Crippen LogP contribution in [0.3, 0.4) is 0 Å². The van der Waals surface area contributed by atoms with Crippen molar-refractivity contribution in [1.29, 1.82) is 0 Å². The standard InChI is InChI=1S/C14H17N3O2/c1-17-9-8-15-13(17)6-7-16-14(19)10-11-2-4-12(18)5-3-11/h2-5,8-9,18H,6-7,10H2,1H3,(H,16,19). The number of carbonyl (C=O) groups excluding carboxylic acids is 1. The Labute approximate surface area is 111 Å². The zero-order valence-electron chi connectivity index (χ0n) is 10.8. The summed E-state index contributed by atoms with van der Waals surface area (Å²) in [5.41, 5.74) is 0.882. The van der Waals surface area contributed by atoms with Crippen LogP contribution >= 0.6 is 0 Å². The lowest BCUT2D eigenvalue weighted by molar-refractivity contribution is -0.120. The third-order valence-electron chi connectivity index (χ3n) is 2.89. The summed E-state index contributed by atoms with van der Waals surface area (Å²) in [6, 6.07) is 6.65. The number of hydrogen-bond donors (Lipinski definition) is 2. The van der Waals surface area contributed by atoms with Crippen molar-refractivity contribution in [3.8, 4) is 5.75 Å². The summed E-state index contributed by atoms with van der Waals surface area (Å²) < 4.78 is 1.94. The molecule has 1 amide bonds. The highest BCUT2D eigenvalue weighted by atomic mass is 16.3. The van der Waals surface area contributed by atoms with Crippen LogP contribution in [-0.4, -0.2) is 27.1 Å². The molecule has 5 nitrogen and oxygen atoms in total. The number of imidazole rings is 1. The van der Waals surface area contributed by atoms with E-state index < -0.39 is 0 Å². The largest absolute Gasteiger partial charge is 0.508 e. The summed E-state index contributed by atoms with van der Waals surface area (Å²) in [5.74, 6) is 1.13. The number of rotatable bonds is 5. The van der Waals surface area contributed by atoms with Gasteiger partial charge in [-0.3, -0.25) is 4.79 Å². The lowest BCUT2D eigenvalue weighted by Gasteiger charge is -2.05. The zero-order chi connectivity index (χ0) is 13.7. The third-order valence-corrected chi connectivity index (χ3v) is 2.89. The van der Waals surface area contributed by atoms with Gasteiger partial charge < -0.3 is 15.0 Å². The SMILES string of the molecule is Cn1ccnc1CCNC(=O)Cc1ccc(O)cc1. The van der Waals surface area contributed by atoms with E-state index in [9.17, 15) is 4.79 Å². The molecule has 1 aromatic heterocycles. The molecular formula is C14H17N3O2. The average molecular weight is 259 g/mol. The molecule has 0 bridgehead atoms. The highest BCUT2D eigenvalue weighted by Gasteiger charge is 2.04. The minimum absolute atomic E-state index is 0.0279. The maximum Gasteiger partial charge on any atom is 0.224 e. The fourth-order valence-electron chi connectivity index (χ4n) is 1.81. The predicted octanol–water partition coefficient (Wildman–Crippen LogP) is 1.03. The van der Waals surface area contributed by atoms with Crippen LogP contribution in [0.1, 0.15) is 11.4 Å². The molecule has 2 N–H and O–H groups in total. The van der Waals surface area contributed by atoms with Gasteiger partial charge in [-0.15, -0.1) is 0 Å². The van der Waals surface area contributed by atoms with Gasteiger partial charge in [0.05, 0.1) is 6.42 Å². The number of phenolic OH excluding ortho intramolecular Hbond substituents is 1. The summed E-state index contributed by atoms with van der Waals surface area (Å²) in [5, 5.41) is 12.0. The van der Waals surface area contributed by atoms with Gasteiger partial charge in [0.15, 0.2) is 0 Å². The Bertz CT molecular complexity index is 546. The van der Waals surface area contributed by atoms with Crippen molar-refractivity contribution < 1.29 is 9.90 Å². The molecule has 1 heterocycles. The van der Waals surface area contributed by atoms with Crippen LogP contribution in [0.25, 0.3) is 0 Å². The molecule has 0 fully saturated rings. The summed E-state index contributed by atoms with van der Waals surface area (Å²) in [6.45, 7) is 0.571. The van der Waals surface area contributed by atoms with E-state index >= 15 is 0 Å². The first-order valence-corrected chi connectivity index (χ1v) is 6.16. The summed E-state index contributed by atoms with van der Waals surface area (Å²) in [4.78, 5) is 15.9. The van der Waals surface area contributed by atoms with Crippen LogP contribution < -0.4 is 5.32 Å². The number of benzene rings is 1. The van der Waals surface area contributed by atoms with E-state index in [4.69, 9.17) is 5.11 Å². The maximum absolute atomic E-state index is 11.7. The number of aryl methyl sites for hydroxylation is 1. The smallest absolute Gasteiger partial charge is 0.224 e. The van der Waals surface area contributed by atoms with E-state index in [-0.39, 0.29) is 11.7 Å². The lowest BCUT2D eigenvalue weighted by Crippen LogP contribution is -2.27. The molecule has 100 valence electrons. The second kappa shape index (κ2) is 6.04. The van der Waals surface area contributed by atoms with Crippen LogP contribution in [0.4, 0.5) is 0 Å². The predicted molar refractivity (Wildman–Crippen MR) is 71.7 cm³/mol. The molecule has 2 rings (SSSR count). The fourth-order valence-corrected chi connectivity index (χ4v) is 1.81. The molecule has 1 aromatic carbocycles. The topological polar surface area (TPSA) is 67.2 Å². The molecule has 0 unspecified atom stereocenters. The van der Waals surface area contributed by atoms with E-state index in [1.807, 2.05) is 17.8 Å². The van der Waals surface area contributed by atoms with E-state index in [1.54, 1.807) is 30.5 Å². The molecule has 0 aliphatic carbocycles. The molecular weight excluding hydrogens is 242 g/mol. The van der Waals surface area contributed by atoms with E-state index in [2.05, 4.69) is 10.3 Å². The normalized spacial score (nSPS) is 10.4. The Morgan fingerprint density at radius 1 is 1.37 bits per heavy atom. The highest BCUT2D eigenvalue weighted by molar-refractivity contribution is 5.78. The van der Waals surface area contributed by atoms with Crippen molar-refractivity contribution in [2.75, 3.05) is 6.54 Å². The Balaban J connectivity index is 1.76. The number of carbonyl (C=O) groups is 1. The quantitative estimate of drug-likeness (QED) is 0.842. The van der Waals surface area contributed by atoms with Gasteiger partial charge in [-0.25, -0.2) is 4.98 Å². The first kappa shape index (κ1) is 13.1. The fraction of sp³-hybridized carbons (Fsp3) is 0.286. The molecule has 0 saturated heterocycles. The Morgan fingerprint density at radius 2 is 2.11 bits per heavy atom. The van der Waals surface area contributed by atoms with Crippen LogP contribution in [0.15, 0.2) is 36.7 Å². The van der Waals surface area contributed by atoms with Crippen molar-refractivity contribution in [2.45, 2.75) is 12.8 Å². The van der Waals surface area contributed by atoms with Crippen molar-refractivity contribution in [3.05, 3.63) is 48.0 Å². The third kappa shape index (κ3) is 3.84. The van der Waals surface area contributed by atoms with Crippen molar-refractivity contribution in [3.63, 3.8) is 0 Å². The van der Waals surface area contributed by atoms with Gasteiger partial charge in [-0.05, 0) is 17.7 Å². The Morgan fingerprint density at radius 3 is 2.74 bits per heavy atom. The van der Waals surface area contributed by atoms with E-state index in [0.29, 0.717) is 19.4 Å². The van der Waals surface area contributed by atoms with Gasteiger partial charge >= 0.3 is 0 Å². The first-order valence-electron chi connectivity index (χ1n) is 6.16. The van der Waals surface area contributed by atoms with Gasteiger partial charge in [0.25, 0.3) is 0 Å². The number of aromatic nitrogens is 2. The van der Waals surface area contributed by atoms with Gasteiger partial charge in [0.1, 0.15) is 11.6 Å². The maximum atomic E-state index is 11.7. The molecule has 0 aliphatic rings. The van der Waals surface area contributed by atoms with Crippen molar-refractivity contribution in [1.82, 2.24) is 14.9 Å². The minimum atomic E-state index is -0.0279. The Kier molecular flexibility index (Phi) is 4.18. The van der Waals surface area contributed by atoms with E-state index in [0.717, 1.165) is 11.4 Å². The number of aromatic hydroxyl groups is 1. The van der Waals surface area contributed by atoms with Crippen LogP contribution in [0.2, 0.25) is 0 Å². The molecule has 0 spiro atoms. The van der Waals surface area contributed by atoms with Crippen LogP contribution in [0.5, 0.6) is 5.75 Å². The molecule has 19 heavy (non-hydrogen) atoms. The van der Waals surface area contributed by atoms with Crippen LogP contribution in [0, 0.1) is 0 Å². The summed E-state index contributed by atoms with van der Waals surface area (Å²) >= 11 is 0.